The van der Waals surface area contributed by atoms with Gasteiger partial charge in [-0.05, 0) is 34.1 Å². The van der Waals surface area contributed by atoms with Crippen molar-refractivity contribution in [3.05, 3.63) is 11.8 Å². The summed E-state index contributed by atoms with van der Waals surface area (Å²) in [5.74, 6) is -1.99. The molecule has 0 aromatic carbocycles. The Morgan fingerprint density at radius 1 is 1.32 bits per heavy atom. The molecule has 6 nitrogen and oxygen atoms in total. The summed E-state index contributed by atoms with van der Waals surface area (Å²) in [6.45, 7) is 8.92. The highest BCUT2D eigenvalue weighted by Crippen LogP contribution is 2.29. The van der Waals surface area contributed by atoms with Crippen LogP contribution in [-0.2, 0) is 19.1 Å². The van der Waals surface area contributed by atoms with Gasteiger partial charge in [0.15, 0.2) is 5.78 Å². The Hall–Kier alpha value is -1.85. The molecule has 0 spiro atoms. The summed E-state index contributed by atoms with van der Waals surface area (Å²) in [5, 5.41) is 0. The second-order valence-electron chi connectivity index (χ2n) is 6.38. The average molecular weight is 311 g/mol. The standard InChI is InChI=1S/C16H25NO5/c1-7-8-11-9-12(18)13(14(19)21-6)10(2)17(11)15(20)22-16(3,4)5/h9-10,13H,7-8H2,1-6H3/t10-,13-/m0/s1. The van der Waals surface area contributed by atoms with Crippen molar-refractivity contribution in [2.45, 2.75) is 59.1 Å². The lowest BCUT2D eigenvalue weighted by atomic mass is 9.89. The van der Waals surface area contributed by atoms with Crippen LogP contribution in [0.5, 0.6) is 0 Å². The first-order chi connectivity index (χ1) is 10.1. The smallest absolute Gasteiger partial charge is 0.414 e. The zero-order chi connectivity index (χ0) is 17.1. The van der Waals surface area contributed by atoms with Crippen LogP contribution in [0.3, 0.4) is 0 Å². The van der Waals surface area contributed by atoms with Gasteiger partial charge in [-0.25, -0.2) is 4.79 Å². The van der Waals surface area contributed by atoms with E-state index in [2.05, 4.69) is 4.74 Å². The first kappa shape index (κ1) is 18.2. The number of amides is 1. The first-order valence-corrected chi connectivity index (χ1v) is 7.46. The number of methoxy groups -OCH3 is 1. The van der Waals surface area contributed by atoms with Gasteiger partial charge in [0, 0.05) is 11.8 Å². The Morgan fingerprint density at radius 2 is 1.91 bits per heavy atom. The van der Waals surface area contributed by atoms with Crippen molar-refractivity contribution in [3.8, 4) is 0 Å². The molecule has 22 heavy (non-hydrogen) atoms. The molecule has 0 saturated carbocycles. The van der Waals surface area contributed by atoms with Crippen molar-refractivity contribution in [3.63, 3.8) is 0 Å². The van der Waals surface area contributed by atoms with Gasteiger partial charge in [0.25, 0.3) is 0 Å². The summed E-state index contributed by atoms with van der Waals surface area (Å²) < 4.78 is 10.1. The number of carbonyl (C=O) groups excluding carboxylic acids is 3. The highest BCUT2D eigenvalue weighted by Gasteiger charge is 2.43. The highest BCUT2D eigenvalue weighted by atomic mass is 16.6. The third-order valence-electron chi connectivity index (χ3n) is 3.37. The van der Waals surface area contributed by atoms with Crippen LogP contribution in [0.2, 0.25) is 0 Å². The Morgan fingerprint density at radius 3 is 2.36 bits per heavy atom. The molecular formula is C16H25NO5. The van der Waals surface area contributed by atoms with E-state index in [9.17, 15) is 14.4 Å². The maximum atomic E-state index is 12.5. The molecule has 1 aliphatic heterocycles. The predicted molar refractivity (Wildman–Crippen MR) is 81.0 cm³/mol. The lowest BCUT2D eigenvalue weighted by Gasteiger charge is -2.38. The van der Waals surface area contributed by atoms with Gasteiger partial charge in [-0.15, -0.1) is 0 Å². The van der Waals surface area contributed by atoms with Crippen LogP contribution in [0.15, 0.2) is 11.8 Å². The molecule has 0 saturated heterocycles. The van der Waals surface area contributed by atoms with E-state index in [1.165, 1.54) is 18.1 Å². The summed E-state index contributed by atoms with van der Waals surface area (Å²) in [5.41, 5.74) is -0.0783. The Kier molecular flexibility index (Phi) is 5.74. The monoisotopic (exact) mass is 311 g/mol. The fourth-order valence-electron chi connectivity index (χ4n) is 2.46. The van der Waals surface area contributed by atoms with Crippen LogP contribution in [0.25, 0.3) is 0 Å². The van der Waals surface area contributed by atoms with Crippen LogP contribution < -0.4 is 0 Å². The molecule has 0 radical (unpaired) electrons. The third-order valence-corrected chi connectivity index (χ3v) is 3.37. The van der Waals surface area contributed by atoms with Crippen LogP contribution in [0, 0.1) is 5.92 Å². The number of hydrogen-bond acceptors (Lipinski definition) is 5. The fraction of sp³-hybridized carbons (Fsp3) is 0.688. The van der Waals surface area contributed by atoms with Crippen molar-refractivity contribution in [1.82, 2.24) is 4.90 Å². The third kappa shape index (κ3) is 4.08. The van der Waals surface area contributed by atoms with E-state index in [1.807, 2.05) is 6.92 Å². The second-order valence-corrected chi connectivity index (χ2v) is 6.38. The predicted octanol–water partition coefficient (Wildman–Crippen LogP) is 2.67. The van der Waals surface area contributed by atoms with Crippen molar-refractivity contribution >= 4 is 17.8 Å². The molecule has 6 heteroatoms. The minimum absolute atomic E-state index is 0.331. The Labute approximate surface area is 131 Å². The fourth-order valence-corrected chi connectivity index (χ4v) is 2.46. The molecule has 1 aliphatic rings. The lowest BCUT2D eigenvalue weighted by Crippen LogP contribution is -2.52. The van der Waals surface area contributed by atoms with E-state index in [1.54, 1.807) is 27.7 Å². The number of carbonyl (C=O) groups is 3. The number of nitrogens with zero attached hydrogens (tertiary/aromatic N) is 1. The number of ketones is 1. The highest BCUT2D eigenvalue weighted by molar-refractivity contribution is 6.07. The molecule has 0 bridgehead atoms. The van der Waals surface area contributed by atoms with Crippen molar-refractivity contribution in [1.29, 1.82) is 0 Å². The molecule has 0 aromatic heterocycles. The van der Waals surface area contributed by atoms with Gasteiger partial charge in [0.05, 0.1) is 13.2 Å². The van der Waals surface area contributed by atoms with Gasteiger partial charge in [0.2, 0.25) is 0 Å². The normalized spacial score (nSPS) is 22.2. The Bertz CT molecular complexity index is 489. The van der Waals surface area contributed by atoms with Crippen LogP contribution >= 0.6 is 0 Å². The minimum atomic E-state index is -1.02. The molecule has 2 atom stereocenters. The van der Waals surface area contributed by atoms with Crippen molar-refractivity contribution in [2.24, 2.45) is 5.92 Å². The number of allylic oxidation sites excluding steroid dienone is 2. The van der Waals surface area contributed by atoms with Crippen LogP contribution in [0.1, 0.15) is 47.5 Å². The summed E-state index contributed by atoms with van der Waals surface area (Å²) >= 11 is 0. The maximum Gasteiger partial charge on any atom is 0.414 e. The molecule has 0 unspecified atom stereocenters. The summed E-state index contributed by atoms with van der Waals surface area (Å²) in [4.78, 5) is 37.9. The van der Waals surface area contributed by atoms with Crippen LogP contribution in [0.4, 0.5) is 4.79 Å². The maximum absolute atomic E-state index is 12.5. The summed E-state index contributed by atoms with van der Waals surface area (Å²) in [6, 6.07) is -0.638. The Balaban J connectivity index is 3.18. The average Bonchev–Trinajstić information content (AvgIpc) is 2.36. The molecular weight excluding hydrogens is 286 g/mol. The zero-order valence-electron chi connectivity index (χ0n) is 14.1. The minimum Gasteiger partial charge on any atom is -0.468 e. The van der Waals surface area contributed by atoms with Gasteiger partial charge < -0.3 is 9.47 Å². The summed E-state index contributed by atoms with van der Waals surface area (Å²) in [6.07, 6.45) is 2.13. The molecule has 1 amide bonds. The quantitative estimate of drug-likeness (QED) is 0.592. The molecule has 0 aromatic rings. The van der Waals surface area contributed by atoms with Crippen LogP contribution in [-0.4, -0.2) is 41.5 Å². The molecule has 124 valence electrons. The second kappa shape index (κ2) is 6.94. The van der Waals surface area contributed by atoms with E-state index < -0.39 is 29.6 Å². The summed E-state index contributed by atoms with van der Waals surface area (Å²) in [7, 11) is 1.23. The molecule has 0 fully saturated rings. The topological polar surface area (TPSA) is 72.9 Å². The van der Waals surface area contributed by atoms with Gasteiger partial charge in [-0.3, -0.25) is 14.5 Å². The SMILES string of the molecule is CCCC1=CC(=O)[C@@H](C(=O)OC)[C@H](C)N1C(=O)OC(C)(C)C. The van der Waals surface area contributed by atoms with Gasteiger partial charge >= 0.3 is 12.1 Å². The zero-order valence-corrected chi connectivity index (χ0v) is 14.1. The molecule has 1 heterocycles. The van der Waals surface area contributed by atoms with Gasteiger partial charge in [-0.1, -0.05) is 13.3 Å². The molecule has 1 rings (SSSR count). The van der Waals surface area contributed by atoms with Crippen molar-refractivity contribution < 1.29 is 23.9 Å². The number of ether oxygens (including phenoxy) is 2. The first-order valence-electron chi connectivity index (χ1n) is 7.46. The number of esters is 1. The van der Waals surface area contributed by atoms with Gasteiger partial charge in [0.1, 0.15) is 11.5 Å². The van der Waals surface area contributed by atoms with E-state index in [0.29, 0.717) is 12.1 Å². The number of hydrogen-bond donors (Lipinski definition) is 0. The van der Waals surface area contributed by atoms with E-state index in [4.69, 9.17) is 4.74 Å². The largest absolute Gasteiger partial charge is 0.468 e. The number of rotatable bonds is 3. The van der Waals surface area contributed by atoms with E-state index in [-0.39, 0.29) is 5.78 Å². The van der Waals surface area contributed by atoms with Crippen molar-refractivity contribution in [2.75, 3.05) is 7.11 Å². The lowest BCUT2D eigenvalue weighted by molar-refractivity contribution is -0.151. The van der Waals surface area contributed by atoms with E-state index in [0.717, 1.165) is 6.42 Å². The molecule has 0 N–H and O–H groups in total. The molecule has 0 aliphatic carbocycles. The van der Waals surface area contributed by atoms with Gasteiger partial charge in [-0.2, -0.15) is 0 Å². The van der Waals surface area contributed by atoms with E-state index >= 15 is 0 Å².